The van der Waals surface area contributed by atoms with Gasteiger partial charge in [0.25, 0.3) is 5.69 Å². The highest BCUT2D eigenvalue weighted by Gasteiger charge is 2.38. The number of nitrogens with one attached hydrogen (secondary N) is 3. The van der Waals surface area contributed by atoms with Crippen molar-refractivity contribution >= 4 is 51.2 Å². The maximum absolute atomic E-state index is 13.2. The molecule has 0 heterocycles. The number of benzene rings is 3. The summed E-state index contributed by atoms with van der Waals surface area (Å²) < 4.78 is 45.4. The quantitative estimate of drug-likeness (QED) is 0.132. The van der Waals surface area contributed by atoms with Gasteiger partial charge in [-0.2, -0.15) is 13.2 Å². The molecule has 13 heteroatoms. The van der Waals surface area contributed by atoms with E-state index >= 15 is 0 Å². The molecular formula is C27H26ClF3N4O5. The number of nitro benzene ring substituents is 1. The Morgan fingerprint density at radius 3 is 2.33 bits per heavy atom. The minimum absolute atomic E-state index is 0.0996. The van der Waals surface area contributed by atoms with Crippen molar-refractivity contribution in [1.82, 2.24) is 5.32 Å². The molecule has 0 atom stereocenters. The van der Waals surface area contributed by atoms with E-state index in [-0.39, 0.29) is 31.0 Å². The Hall–Kier alpha value is -3.90. The van der Waals surface area contributed by atoms with Gasteiger partial charge in [0.05, 0.1) is 17.6 Å². The Kier molecular flexibility index (Phi) is 9.10. The lowest BCUT2D eigenvalue weighted by atomic mass is 9.92. The van der Waals surface area contributed by atoms with Gasteiger partial charge < -0.3 is 20.7 Å². The molecule has 3 aromatic rings. The number of hydrogen-bond donors (Lipinski definition) is 3. The molecule has 0 saturated heterocycles. The molecule has 40 heavy (non-hydrogen) atoms. The second-order valence-electron chi connectivity index (χ2n) is 9.39. The topological polar surface area (TPSA) is 123 Å². The number of anilines is 2. The minimum Gasteiger partial charge on any atom is -0.382 e. The Balaban J connectivity index is 1.17. The van der Waals surface area contributed by atoms with E-state index in [2.05, 4.69) is 16.0 Å². The van der Waals surface area contributed by atoms with Gasteiger partial charge in [-0.1, -0.05) is 23.7 Å². The lowest BCUT2D eigenvalue weighted by molar-refractivity contribution is -0.388. The second-order valence-corrected chi connectivity index (χ2v) is 9.83. The average Bonchev–Trinajstić information content (AvgIpc) is 2.91. The third-order valence-electron chi connectivity index (χ3n) is 6.55. The van der Waals surface area contributed by atoms with Crippen molar-refractivity contribution in [2.45, 2.75) is 44.0 Å². The fourth-order valence-electron chi connectivity index (χ4n) is 4.57. The summed E-state index contributed by atoms with van der Waals surface area (Å²) in [4.78, 5) is 34.3. The summed E-state index contributed by atoms with van der Waals surface area (Å²) in [6.45, 7) is 0.319. The van der Waals surface area contributed by atoms with E-state index in [0.717, 1.165) is 22.9 Å². The molecule has 1 aliphatic rings. The van der Waals surface area contributed by atoms with Crippen LogP contribution in [0, 0.1) is 10.1 Å². The van der Waals surface area contributed by atoms with E-state index in [1.807, 2.05) is 6.07 Å². The standard InChI is InChI=1S/C27H26ClF3N4O5/c28-18-3-1-17-14-20(4-2-16(17)13-18)34-26(37)25(36)32-11-12-40-22-8-5-19(6-9-22)33-21-7-10-24(35(38)39)23(15-21)27(29,30)31/h1-4,7,10,13-15,19,22,33H,5-6,8-9,11-12H2,(H,32,36)(H,34,37). The van der Waals surface area contributed by atoms with Gasteiger partial charge in [0, 0.05) is 35.1 Å². The Bertz CT molecular complexity index is 1410. The largest absolute Gasteiger partial charge is 0.423 e. The fourth-order valence-corrected chi connectivity index (χ4v) is 4.75. The second kappa shape index (κ2) is 12.5. The highest BCUT2D eigenvalue weighted by atomic mass is 35.5. The molecule has 4 rings (SSSR count). The number of ether oxygens (including phenoxy) is 1. The van der Waals surface area contributed by atoms with Gasteiger partial charge in [-0.15, -0.1) is 0 Å². The van der Waals surface area contributed by atoms with Crippen LogP contribution in [0.3, 0.4) is 0 Å². The summed E-state index contributed by atoms with van der Waals surface area (Å²) in [5.74, 6) is -1.60. The van der Waals surface area contributed by atoms with Gasteiger partial charge in [0.15, 0.2) is 0 Å². The van der Waals surface area contributed by atoms with Gasteiger partial charge in [-0.05, 0) is 72.9 Å². The first kappa shape index (κ1) is 29.1. The summed E-state index contributed by atoms with van der Waals surface area (Å²) >= 11 is 5.98. The van der Waals surface area contributed by atoms with Crippen LogP contribution in [0.15, 0.2) is 54.6 Å². The van der Waals surface area contributed by atoms with Crippen molar-refractivity contribution in [3.05, 3.63) is 75.3 Å². The summed E-state index contributed by atoms with van der Waals surface area (Å²) in [5.41, 5.74) is -1.65. The molecule has 0 aromatic heterocycles. The van der Waals surface area contributed by atoms with E-state index < -0.39 is 34.2 Å². The Morgan fingerprint density at radius 2 is 1.62 bits per heavy atom. The molecule has 212 valence electrons. The fraction of sp³-hybridized carbons (Fsp3) is 0.333. The zero-order chi connectivity index (χ0) is 28.9. The maximum atomic E-state index is 13.2. The molecule has 0 unspecified atom stereocenters. The van der Waals surface area contributed by atoms with E-state index in [0.29, 0.717) is 36.4 Å². The third kappa shape index (κ3) is 7.60. The molecule has 1 aliphatic carbocycles. The van der Waals surface area contributed by atoms with Crippen molar-refractivity contribution in [3.8, 4) is 0 Å². The van der Waals surface area contributed by atoms with E-state index in [1.165, 1.54) is 6.07 Å². The van der Waals surface area contributed by atoms with Crippen LogP contribution in [-0.4, -0.2) is 42.0 Å². The van der Waals surface area contributed by atoms with E-state index in [9.17, 15) is 32.9 Å². The number of alkyl halides is 3. The predicted molar refractivity (Wildman–Crippen MR) is 144 cm³/mol. The highest BCUT2D eigenvalue weighted by Crippen LogP contribution is 2.38. The first-order valence-corrected chi connectivity index (χ1v) is 12.9. The summed E-state index contributed by atoms with van der Waals surface area (Å²) in [6.07, 6.45) is -2.42. The molecule has 0 radical (unpaired) electrons. The number of nitrogens with zero attached hydrogens (tertiary/aromatic N) is 1. The van der Waals surface area contributed by atoms with Crippen LogP contribution in [0.2, 0.25) is 5.02 Å². The molecule has 3 N–H and O–H groups in total. The number of hydrogen-bond acceptors (Lipinski definition) is 6. The number of carbonyl (C=O) groups is 2. The first-order chi connectivity index (χ1) is 19.0. The lowest BCUT2D eigenvalue weighted by Gasteiger charge is -2.30. The van der Waals surface area contributed by atoms with Crippen LogP contribution in [0.4, 0.5) is 30.2 Å². The Labute approximate surface area is 232 Å². The lowest BCUT2D eigenvalue weighted by Crippen LogP contribution is -2.38. The van der Waals surface area contributed by atoms with Crippen molar-refractivity contribution in [2.75, 3.05) is 23.8 Å². The van der Waals surface area contributed by atoms with Crippen LogP contribution in [0.5, 0.6) is 0 Å². The zero-order valence-electron chi connectivity index (χ0n) is 21.1. The van der Waals surface area contributed by atoms with Crippen molar-refractivity contribution < 1.29 is 32.4 Å². The SMILES string of the molecule is O=C(NCCOC1CCC(Nc2ccc([N+](=O)[O-])c(C(F)(F)F)c2)CC1)C(=O)Nc1ccc2cc(Cl)ccc2c1. The molecule has 0 aliphatic heterocycles. The van der Waals surface area contributed by atoms with E-state index in [1.54, 1.807) is 30.3 Å². The molecule has 1 saturated carbocycles. The monoisotopic (exact) mass is 578 g/mol. The molecule has 9 nitrogen and oxygen atoms in total. The molecule has 3 aromatic carbocycles. The molecule has 0 spiro atoms. The number of amides is 2. The normalized spacial score (nSPS) is 17.3. The first-order valence-electron chi connectivity index (χ1n) is 12.5. The summed E-state index contributed by atoms with van der Waals surface area (Å²) in [5, 5.41) is 21.4. The predicted octanol–water partition coefficient (Wildman–Crippen LogP) is 5.91. The van der Waals surface area contributed by atoms with Gasteiger partial charge >= 0.3 is 18.0 Å². The maximum Gasteiger partial charge on any atom is 0.423 e. The van der Waals surface area contributed by atoms with Crippen molar-refractivity contribution in [3.63, 3.8) is 0 Å². The molecule has 0 bridgehead atoms. The highest BCUT2D eigenvalue weighted by molar-refractivity contribution is 6.39. The number of nitro groups is 1. The minimum atomic E-state index is -4.84. The molecular weight excluding hydrogens is 553 g/mol. The third-order valence-corrected chi connectivity index (χ3v) is 6.79. The van der Waals surface area contributed by atoms with Crippen LogP contribution < -0.4 is 16.0 Å². The van der Waals surface area contributed by atoms with Gasteiger partial charge in [-0.3, -0.25) is 19.7 Å². The summed E-state index contributed by atoms with van der Waals surface area (Å²) in [6, 6.07) is 13.3. The van der Waals surface area contributed by atoms with Gasteiger partial charge in [0.1, 0.15) is 5.56 Å². The smallest absolute Gasteiger partial charge is 0.382 e. The molecule has 2 amide bonds. The number of fused-ring (bicyclic) bond motifs is 1. The number of carbonyl (C=O) groups excluding carboxylic acids is 2. The number of halogens is 4. The van der Waals surface area contributed by atoms with Crippen LogP contribution in [-0.2, 0) is 20.5 Å². The van der Waals surface area contributed by atoms with Crippen LogP contribution >= 0.6 is 11.6 Å². The van der Waals surface area contributed by atoms with Crippen molar-refractivity contribution in [2.24, 2.45) is 0 Å². The summed E-state index contributed by atoms with van der Waals surface area (Å²) in [7, 11) is 0. The van der Waals surface area contributed by atoms with Crippen molar-refractivity contribution in [1.29, 1.82) is 0 Å². The van der Waals surface area contributed by atoms with Gasteiger partial charge in [0.2, 0.25) is 0 Å². The van der Waals surface area contributed by atoms with E-state index in [4.69, 9.17) is 16.3 Å². The van der Waals surface area contributed by atoms with Crippen LogP contribution in [0.1, 0.15) is 31.2 Å². The van der Waals surface area contributed by atoms with Crippen LogP contribution in [0.25, 0.3) is 10.8 Å². The number of rotatable bonds is 8. The Morgan fingerprint density at radius 1 is 0.950 bits per heavy atom. The van der Waals surface area contributed by atoms with Gasteiger partial charge in [-0.25, -0.2) is 0 Å². The molecule has 1 fully saturated rings. The zero-order valence-corrected chi connectivity index (χ0v) is 21.8. The average molecular weight is 579 g/mol.